The van der Waals surface area contributed by atoms with Crippen LogP contribution in [0.1, 0.15) is 5.56 Å². The van der Waals surface area contributed by atoms with Crippen LogP contribution < -0.4 is 5.43 Å². The van der Waals surface area contributed by atoms with E-state index in [1.54, 1.807) is 6.07 Å². The maximum Gasteiger partial charge on any atom is 0.200 e. The Balaban J connectivity index is 2.57. The molecular formula is C14H9BrO2. The summed E-state index contributed by atoms with van der Waals surface area (Å²) in [5.74, 6) is 0. The van der Waals surface area contributed by atoms with Crippen molar-refractivity contribution in [3.05, 3.63) is 56.7 Å². The Hall–Kier alpha value is -1.61. The molecule has 0 aliphatic heterocycles. The Morgan fingerprint density at radius 3 is 2.65 bits per heavy atom. The van der Waals surface area contributed by atoms with Crippen molar-refractivity contribution >= 4 is 37.9 Å². The number of aryl methyl sites for hydroxylation is 1. The van der Waals surface area contributed by atoms with Gasteiger partial charge in [-0.15, -0.1) is 0 Å². The van der Waals surface area contributed by atoms with Crippen LogP contribution in [0, 0.1) is 6.92 Å². The van der Waals surface area contributed by atoms with Crippen molar-refractivity contribution in [1.82, 2.24) is 0 Å². The molecule has 1 aromatic heterocycles. The van der Waals surface area contributed by atoms with Crippen LogP contribution in [0.25, 0.3) is 21.9 Å². The molecule has 2 nitrogen and oxygen atoms in total. The summed E-state index contributed by atoms with van der Waals surface area (Å²) in [5, 5.41) is 1.26. The van der Waals surface area contributed by atoms with Gasteiger partial charge in [0.15, 0.2) is 0 Å². The van der Waals surface area contributed by atoms with Gasteiger partial charge in [-0.1, -0.05) is 27.6 Å². The predicted octanol–water partition coefficient (Wildman–Crippen LogP) is 4.02. The van der Waals surface area contributed by atoms with Crippen LogP contribution in [0.3, 0.4) is 0 Å². The standard InChI is InChI=1S/C14H9BrO2/c1-8-2-5-12-11(6-8)14(16)10-4-3-9(15)7-13(10)17-12/h2-7H,1H3. The van der Waals surface area contributed by atoms with Crippen LogP contribution in [0.15, 0.2) is 50.1 Å². The van der Waals surface area contributed by atoms with Gasteiger partial charge in [-0.3, -0.25) is 4.79 Å². The van der Waals surface area contributed by atoms with Gasteiger partial charge in [0.1, 0.15) is 11.2 Å². The van der Waals surface area contributed by atoms with E-state index in [1.165, 1.54) is 0 Å². The fraction of sp³-hybridized carbons (Fsp3) is 0.0714. The van der Waals surface area contributed by atoms with Gasteiger partial charge in [-0.25, -0.2) is 0 Å². The van der Waals surface area contributed by atoms with Crippen LogP contribution in [0.4, 0.5) is 0 Å². The first-order chi connectivity index (χ1) is 8.15. The van der Waals surface area contributed by atoms with E-state index in [2.05, 4.69) is 15.9 Å². The van der Waals surface area contributed by atoms with E-state index >= 15 is 0 Å². The summed E-state index contributed by atoms with van der Waals surface area (Å²) in [6.07, 6.45) is 0. The fourth-order valence-electron chi connectivity index (χ4n) is 1.94. The Kier molecular flexibility index (Phi) is 2.30. The molecule has 3 heteroatoms. The number of rotatable bonds is 0. The fourth-order valence-corrected chi connectivity index (χ4v) is 2.28. The Labute approximate surface area is 106 Å². The molecule has 84 valence electrons. The molecule has 0 atom stereocenters. The van der Waals surface area contributed by atoms with Crippen molar-refractivity contribution in [2.24, 2.45) is 0 Å². The minimum Gasteiger partial charge on any atom is -0.456 e. The van der Waals surface area contributed by atoms with Gasteiger partial charge < -0.3 is 4.42 Å². The van der Waals surface area contributed by atoms with Crippen LogP contribution >= 0.6 is 15.9 Å². The van der Waals surface area contributed by atoms with Gasteiger partial charge in [-0.2, -0.15) is 0 Å². The lowest BCUT2D eigenvalue weighted by Gasteiger charge is -2.02. The normalized spacial score (nSPS) is 11.2. The molecule has 0 N–H and O–H groups in total. The van der Waals surface area contributed by atoms with Crippen LogP contribution in [0.2, 0.25) is 0 Å². The number of benzene rings is 2. The second-order valence-electron chi connectivity index (χ2n) is 4.07. The molecule has 0 bridgehead atoms. The highest BCUT2D eigenvalue weighted by Crippen LogP contribution is 2.22. The van der Waals surface area contributed by atoms with E-state index in [1.807, 2.05) is 37.3 Å². The van der Waals surface area contributed by atoms with Crippen molar-refractivity contribution in [1.29, 1.82) is 0 Å². The van der Waals surface area contributed by atoms with E-state index in [-0.39, 0.29) is 5.43 Å². The average Bonchev–Trinajstić information content (AvgIpc) is 2.30. The molecule has 0 saturated carbocycles. The van der Waals surface area contributed by atoms with E-state index < -0.39 is 0 Å². The zero-order chi connectivity index (χ0) is 12.0. The zero-order valence-electron chi connectivity index (χ0n) is 9.16. The molecule has 17 heavy (non-hydrogen) atoms. The number of hydrogen-bond acceptors (Lipinski definition) is 2. The summed E-state index contributed by atoms with van der Waals surface area (Å²) in [6, 6.07) is 11.1. The maximum absolute atomic E-state index is 12.3. The largest absolute Gasteiger partial charge is 0.456 e. The molecule has 0 aliphatic rings. The van der Waals surface area contributed by atoms with E-state index in [0.717, 1.165) is 10.0 Å². The molecule has 3 rings (SSSR count). The first kappa shape index (κ1) is 10.5. The third-order valence-electron chi connectivity index (χ3n) is 2.79. The molecule has 1 heterocycles. The molecule has 0 spiro atoms. The summed E-state index contributed by atoms with van der Waals surface area (Å²) in [7, 11) is 0. The van der Waals surface area contributed by atoms with Crippen molar-refractivity contribution in [2.75, 3.05) is 0 Å². The Bertz CT molecular complexity index is 787. The topological polar surface area (TPSA) is 30.2 Å². The highest BCUT2D eigenvalue weighted by Gasteiger charge is 2.07. The van der Waals surface area contributed by atoms with Crippen LogP contribution in [-0.2, 0) is 0 Å². The average molecular weight is 289 g/mol. The minimum atomic E-state index is 0.0254. The van der Waals surface area contributed by atoms with Crippen molar-refractivity contribution in [3.63, 3.8) is 0 Å². The first-order valence-corrected chi connectivity index (χ1v) is 6.07. The molecule has 0 aliphatic carbocycles. The molecule has 0 radical (unpaired) electrons. The van der Waals surface area contributed by atoms with Gasteiger partial charge >= 0.3 is 0 Å². The summed E-state index contributed by atoms with van der Waals surface area (Å²) in [6.45, 7) is 1.96. The van der Waals surface area contributed by atoms with Gasteiger partial charge in [0.25, 0.3) is 0 Å². The smallest absolute Gasteiger partial charge is 0.200 e. The summed E-state index contributed by atoms with van der Waals surface area (Å²) in [4.78, 5) is 12.3. The first-order valence-electron chi connectivity index (χ1n) is 5.28. The second-order valence-corrected chi connectivity index (χ2v) is 4.99. The lowest BCUT2D eigenvalue weighted by atomic mass is 10.1. The van der Waals surface area contributed by atoms with E-state index in [9.17, 15) is 4.79 Å². The monoisotopic (exact) mass is 288 g/mol. The third kappa shape index (κ3) is 1.67. The Morgan fingerprint density at radius 1 is 1.00 bits per heavy atom. The Morgan fingerprint density at radius 2 is 1.82 bits per heavy atom. The van der Waals surface area contributed by atoms with Gasteiger partial charge in [0.2, 0.25) is 5.43 Å². The van der Waals surface area contributed by atoms with Gasteiger partial charge in [-0.05, 0) is 37.3 Å². The summed E-state index contributed by atoms with van der Waals surface area (Å²) in [5.41, 5.74) is 2.32. The number of halogens is 1. The lowest BCUT2D eigenvalue weighted by Crippen LogP contribution is -2.02. The van der Waals surface area contributed by atoms with Crippen LogP contribution in [-0.4, -0.2) is 0 Å². The molecule has 0 amide bonds. The highest BCUT2D eigenvalue weighted by atomic mass is 79.9. The van der Waals surface area contributed by atoms with E-state index in [4.69, 9.17) is 4.42 Å². The SMILES string of the molecule is Cc1ccc2oc3cc(Br)ccc3c(=O)c2c1. The van der Waals surface area contributed by atoms with Gasteiger partial charge in [0, 0.05) is 4.47 Å². The summed E-state index contributed by atoms with van der Waals surface area (Å²) >= 11 is 3.37. The quantitative estimate of drug-likeness (QED) is 0.585. The maximum atomic E-state index is 12.3. The van der Waals surface area contributed by atoms with Crippen molar-refractivity contribution < 1.29 is 4.42 Å². The molecule has 0 unspecified atom stereocenters. The lowest BCUT2D eigenvalue weighted by molar-refractivity contribution is 0.659. The minimum absolute atomic E-state index is 0.0254. The molecule has 0 fully saturated rings. The molecule has 3 aromatic rings. The van der Waals surface area contributed by atoms with Crippen molar-refractivity contribution in [3.8, 4) is 0 Å². The molecule has 2 aromatic carbocycles. The number of hydrogen-bond donors (Lipinski definition) is 0. The summed E-state index contributed by atoms with van der Waals surface area (Å²) < 4.78 is 6.64. The van der Waals surface area contributed by atoms with E-state index in [0.29, 0.717) is 21.9 Å². The highest BCUT2D eigenvalue weighted by molar-refractivity contribution is 9.10. The zero-order valence-corrected chi connectivity index (χ0v) is 10.7. The number of fused-ring (bicyclic) bond motifs is 2. The van der Waals surface area contributed by atoms with Crippen molar-refractivity contribution in [2.45, 2.75) is 6.92 Å². The molecule has 0 saturated heterocycles. The molecular weight excluding hydrogens is 280 g/mol. The second kappa shape index (κ2) is 3.70. The van der Waals surface area contributed by atoms with Crippen LogP contribution in [0.5, 0.6) is 0 Å². The third-order valence-corrected chi connectivity index (χ3v) is 3.28. The van der Waals surface area contributed by atoms with Gasteiger partial charge in [0.05, 0.1) is 10.8 Å². The predicted molar refractivity (Wildman–Crippen MR) is 72.4 cm³/mol.